The predicted molar refractivity (Wildman–Crippen MR) is 64.2 cm³/mol. The first-order valence-corrected chi connectivity index (χ1v) is 7.58. The highest BCUT2D eigenvalue weighted by atomic mass is 35.5. The number of alkyl halides is 1. The van der Waals surface area contributed by atoms with Gasteiger partial charge in [0.1, 0.15) is 4.21 Å². The second-order valence-electron chi connectivity index (χ2n) is 3.06. The molecule has 1 N–H and O–H groups in total. The second kappa shape index (κ2) is 5.84. The van der Waals surface area contributed by atoms with Gasteiger partial charge >= 0.3 is 0 Å². The van der Waals surface area contributed by atoms with E-state index in [1.54, 1.807) is 6.07 Å². The van der Waals surface area contributed by atoms with Gasteiger partial charge in [0.25, 0.3) is 0 Å². The molecule has 1 aromatic rings. The second-order valence-corrected chi connectivity index (χ2v) is 6.60. The summed E-state index contributed by atoms with van der Waals surface area (Å²) in [4.78, 5) is 1.00. The van der Waals surface area contributed by atoms with Crippen molar-refractivity contribution in [2.75, 3.05) is 12.4 Å². The number of sulfonamides is 1. The summed E-state index contributed by atoms with van der Waals surface area (Å²) in [5.74, 6) is 0.516. The van der Waals surface area contributed by atoms with E-state index in [0.717, 1.165) is 17.7 Å². The molecule has 0 saturated heterocycles. The fraction of sp³-hybridized carbons (Fsp3) is 0.556. The van der Waals surface area contributed by atoms with Crippen LogP contribution in [0.1, 0.15) is 18.2 Å². The molecule has 1 heterocycles. The maximum absolute atomic E-state index is 11.7. The lowest BCUT2D eigenvalue weighted by Gasteiger charge is -2.01. The van der Waals surface area contributed by atoms with E-state index in [1.165, 1.54) is 11.3 Å². The summed E-state index contributed by atoms with van der Waals surface area (Å²) in [5, 5.41) is 0. The van der Waals surface area contributed by atoms with Crippen molar-refractivity contribution in [3.8, 4) is 0 Å². The van der Waals surface area contributed by atoms with Gasteiger partial charge in [-0.3, -0.25) is 0 Å². The third-order valence-corrected chi connectivity index (χ3v) is 5.07. The van der Waals surface area contributed by atoms with Gasteiger partial charge in [-0.2, -0.15) is 0 Å². The molecule has 0 spiro atoms. The third kappa shape index (κ3) is 3.75. The molecule has 0 aromatic carbocycles. The summed E-state index contributed by atoms with van der Waals surface area (Å²) < 4.78 is 26.3. The molecule has 0 saturated carbocycles. The average molecular weight is 268 g/mol. The number of thiophene rings is 1. The quantitative estimate of drug-likeness (QED) is 0.804. The first-order valence-electron chi connectivity index (χ1n) is 4.74. The van der Waals surface area contributed by atoms with E-state index in [2.05, 4.69) is 4.72 Å². The van der Waals surface area contributed by atoms with Crippen LogP contribution in [0, 0.1) is 0 Å². The van der Waals surface area contributed by atoms with Gasteiger partial charge in [0.05, 0.1) is 0 Å². The minimum atomic E-state index is -3.29. The lowest BCUT2D eigenvalue weighted by atomic mass is 10.4. The molecule has 0 unspecified atom stereocenters. The Labute approximate surface area is 99.5 Å². The molecule has 0 aliphatic rings. The molecule has 15 heavy (non-hydrogen) atoms. The predicted octanol–water partition coefficient (Wildman–Crippen LogP) is 2.22. The molecule has 6 heteroatoms. The smallest absolute Gasteiger partial charge is 0.210 e. The molecule has 0 atom stereocenters. The van der Waals surface area contributed by atoms with Crippen LogP contribution in [0.15, 0.2) is 16.3 Å². The van der Waals surface area contributed by atoms with E-state index in [-0.39, 0.29) is 0 Å². The number of hydrogen-bond donors (Lipinski definition) is 1. The normalized spacial score (nSPS) is 11.9. The number of nitrogens with one attached hydrogen (secondary N) is 1. The topological polar surface area (TPSA) is 46.2 Å². The highest BCUT2D eigenvalue weighted by Crippen LogP contribution is 2.21. The van der Waals surface area contributed by atoms with Gasteiger partial charge in [-0.15, -0.1) is 22.9 Å². The Hall–Kier alpha value is -0.100. The largest absolute Gasteiger partial charge is 0.250 e. The zero-order valence-corrected chi connectivity index (χ0v) is 10.9. The summed E-state index contributed by atoms with van der Waals surface area (Å²) in [6.07, 6.45) is 1.51. The van der Waals surface area contributed by atoms with Crippen molar-refractivity contribution in [1.29, 1.82) is 0 Å². The van der Waals surface area contributed by atoms with Crippen LogP contribution < -0.4 is 4.72 Å². The van der Waals surface area contributed by atoms with E-state index < -0.39 is 10.0 Å². The van der Waals surface area contributed by atoms with Crippen LogP contribution in [0.5, 0.6) is 0 Å². The minimum absolute atomic E-state index is 0.371. The van der Waals surface area contributed by atoms with Gasteiger partial charge < -0.3 is 0 Å². The molecule has 3 nitrogen and oxygen atoms in total. The number of rotatable bonds is 6. The maximum atomic E-state index is 11.7. The maximum Gasteiger partial charge on any atom is 0.250 e. The lowest BCUT2D eigenvalue weighted by Crippen LogP contribution is -2.23. The molecule has 86 valence electrons. The van der Waals surface area contributed by atoms with E-state index in [9.17, 15) is 8.42 Å². The van der Waals surface area contributed by atoms with Crippen molar-refractivity contribution >= 4 is 33.0 Å². The lowest BCUT2D eigenvalue weighted by molar-refractivity contribution is 0.583. The first-order chi connectivity index (χ1) is 7.10. The van der Waals surface area contributed by atoms with Crippen LogP contribution in [0.3, 0.4) is 0 Å². The Kier molecular flexibility index (Phi) is 5.05. The Morgan fingerprint density at radius 1 is 1.47 bits per heavy atom. The zero-order valence-electron chi connectivity index (χ0n) is 8.49. The molecule has 0 radical (unpaired) electrons. The monoisotopic (exact) mass is 267 g/mol. The van der Waals surface area contributed by atoms with Crippen LogP contribution in [0.2, 0.25) is 0 Å². The highest BCUT2D eigenvalue weighted by Gasteiger charge is 2.15. The fourth-order valence-electron chi connectivity index (χ4n) is 1.04. The van der Waals surface area contributed by atoms with Crippen LogP contribution in [-0.4, -0.2) is 20.8 Å². The molecule has 1 aromatic heterocycles. The summed E-state index contributed by atoms with van der Waals surface area (Å²) in [5.41, 5.74) is 0. The van der Waals surface area contributed by atoms with Crippen LogP contribution in [0.4, 0.5) is 0 Å². The van der Waals surface area contributed by atoms with Crippen molar-refractivity contribution in [2.24, 2.45) is 0 Å². The van der Waals surface area contributed by atoms with Gasteiger partial charge in [0.2, 0.25) is 10.0 Å². The Bertz CT molecular complexity index is 400. The summed E-state index contributed by atoms with van der Waals surface area (Å²) in [6, 6.07) is 3.44. The minimum Gasteiger partial charge on any atom is -0.210 e. The van der Waals surface area contributed by atoms with Crippen molar-refractivity contribution in [3.63, 3.8) is 0 Å². The Balaban J connectivity index is 2.76. The van der Waals surface area contributed by atoms with Gasteiger partial charge in [0, 0.05) is 17.3 Å². The van der Waals surface area contributed by atoms with E-state index >= 15 is 0 Å². The average Bonchev–Trinajstić information content (AvgIpc) is 2.65. The van der Waals surface area contributed by atoms with Crippen LogP contribution in [0.25, 0.3) is 0 Å². The molecule has 0 fully saturated rings. The molecular formula is C9H14ClNO2S2. The summed E-state index contributed by atoms with van der Waals surface area (Å²) in [7, 11) is -3.29. The summed E-state index contributed by atoms with van der Waals surface area (Å²) in [6.45, 7) is 2.40. The first kappa shape index (κ1) is 13.0. The van der Waals surface area contributed by atoms with E-state index in [0.29, 0.717) is 16.6 Å². The van der Waals surface area contributed by atoms with Gasteiger partial charge in [-0.05, 0) is 25.0 Å². The standard InChI is InChI=1S/C9H14ClNO2S2/c1-2-7-11-15(12,13)9-4-3-8(14-9)5-6-10/h3-4,11H,2,5-7H2,1H3. The highest BCUT2D eigenvalue weighted by molar-refractivity contribution is 7.91. The molecule has 0 bridgehead atoms. The van der Waals surface area contributed by atoms with Crippen molar-refractivity contribution in [1.82, 2.24) is 4.72 Å². The molecule has 0 aliphatic heterocycles. The SMILES string of the molecule is CCCNS(=O)(=O)c1ccc(CCCl)s1. The van der Waals surface area contributed by atoms with E-state index in [1.807, 2.05) is 13.0 Å². The van der Waals surface area contributed by atoms with Crippen molar-refractivity contribution < 1.29 is 8.42 Å². The molecular weight excluding hydrogens is 254 g/mol. The van der Waals surface area contributed by atoms with Gasteiger partial charge in [0.15, 0.2) is 0 Å². The Morgan fingerprint density at radius 2 is 2.20 bits per heavy atom. The molecule has 0 amide bonds. The van der Waals surface area contributed by atoms with Gasteiger partial charge in [-0.25, -0.2) is 13.1 Å². The molecule has 1 rings (SSSR count). The number of aryl methyl sites for hydroxylation is 1. The third-order valence-electron chi connectivity index (χ3n) is 1.78. The fourth-order valence-corrected chi connectivity index (χ4v) is 3.89. The van der Waals surface area contributed by atoms with Crippen LogP contribution in [-0.2, 0) is 16.4 Å². The van der Waals surface area contributed by atoms with Crippen molar-refractivity contribution in [3.05, 3.63) is 17.0 Å². The van der Waals surface area contributed by atoms with Gasteiger partial charge in [-0.1, -0.05) is 6.92 Å². The molecule has 0 aliphatic carbocycles. The number of hydrogen-bond acceptors (Lipinski definition) is 3. The zero-order chi connectivity index (χ0) is 11.3. The van der Waals surface area contributed by atoms with Crippen molar-refractivity contribution in [2.45, 2.75) is 24.0 Å². The van der Waals surface area contributed by atoms with Crippen LogP contribution >= 0.6 is 22.9 Å². The summed E-state index contributed by atoms with van der Waals surface area (Å²) >= 11 is 6.86. The van der Waals surface area contributed by atoms with E-state index in [4.69, 9.17) is 11.6 Å². The number of halogens is 1. The Morgan fingerprint density at radius 3 is 2.80 bits per heavy atom.